The summed E-state index contributed by atoms with van der Waals surface area (Å²) in [7, 11) is 0. The highest BCUT2D eigenvalue weighted by molar-refractivity contribution is 5.87. The molecule has 1 atom stereocenters. The number of rotatable bonds is 3. The molecule has 3 rings (SSSR count). The van der Waals surface area contributed by atoms with Gasteiger partial charge in [-0.1, -0.05) is 6.07 Å². The number of pyridine rings is 1. The zero-order valence-electron chi connectivity index (χ0n) is 11.9. The number of hydrogen-bond acceptors (Lipinski definition) is 4. The van der Waals surface area contributed by atoms with Gasteiger partial charge in [-0.05, 0) is 43.7 Å². The molecule has 1 aromatic rings. The van der Waals surface area contributed by atoms with E-state index in [0.29, 0.717) is 18.4 Å². The van der Waals surface area contributed by atoms with Crippen molar-refractivity contribution < 1.29 is 4.79 Å². The van der Waals surface area contributed by atoms with Crippen LogP contribution >= 0.6 is 0 Å². The Balaban J connectivity index is 1.66. The van der Waals surface area contributed by atoms with Gasteiger partial charge < -0.3 is 5.73 Å². The Labute approximate surface area is 120 Å². The summed E-state index contributed by atoms with van der Waals surface area (Å²) in [6.45, 7) is 2.47. The van der Waals surface area contributed by atoms with Crippen LogP contribution in [0.25, 0.3) is 0 Å². The predicted molar refractivity (Wildman–Crippen MR) is 78.6 cm³/mol. The van der Waals surface area contributed by atoms with Crippen LogP contribution in [0.3, 0.4) is 0 Å². The summed E-state index contributed by atoms with van der Waals surface area (Å²) in [5.74, 6) is 0.343. The Kier molecular flexibility index (Phi) is 4.13. The molecule has 2 N–H and O–H groups in total. The quantitative estimate of drug-likeness (QED) is 0.906. The maximum Gasteiger partial charge on any atom is 0.155 e. The van der Waals surface area contributed by atoms with Crippen LogP contribution in [0.4, 0.5) is 0 Å². The lowest BCUT2D eigenvalue weighted by molar-refractivity contribution is -0.122. The summed E-state index contributed by atoms with van der Waals surface area (Å²) >= 11 is 0. The van der Waals surface area contributed by atoms with E-state index in [1.165, 1.54) is 5.56 Å². The normalized spacial score (nSPS) is 24.4. The number of nitrogens with two attached hydrogens (primary N) is 1. The molecule has 2 aliphatic rings. The first-order chi connectivity index (χ1) is 9.74. The standard InChI is InChI=1S/C16H23N3O/c17-13-6-9-19(10-7-13)11-15(20)14-5-1-3-12-4-2-8-18-16(12)14/h2,4,8,13-14H,1,3,5-7,9-11,17H2. The predicted octanol–water partition coefficient (Wildman–Crippen LogP) is 1.49. The second-order valence-electron chi connectivity index (χ2n) is 6.07. The third-order valence-corrected chi connectivity index (χ3v) is 4.60. The summed E-state index contributed by atoms with van der Waals surface area (Å²) in [5.41, 5.74) is 8.20. The maximum atomic E-state index is 12.6. The molecule has 2 heterocycles. The third kappa shape index (κ3) is 2.91. The lowest BCUT2D eigenvalue weighted by Gasteiger charge is -2.31. The van der Waals surface area contributed by atoms with E-state index < -0.39 is 0 Å². The van der Waals surface area contributed by atoms with Gasteiger partial charge in [0.1, 0.15) is 0 Å². The topological polar surface area (TPSA) is 59.2 Å². The molecule has 1 aliphatic carbocycles. The number of hydrogen-bond donors (Lipinski definition) is 1. The van der Waals surface area contributed by atoms with Gasteiger partial charge in [0.25, 0.3) is 0 Å². The Hall–Kier alpha value is -1.26. The highest BCUT2D eigenvalue weighted by Gasteiger charge is 2.29. The molecule has 1 unspecified atom stereocenters. The molecule has 1 aliphatic heterocycles. The number of likely N-dealkylation sites (tertiary alicyclic amines) is 1. The van der Waals surface area contributed by atoms with Crippen molar-refractivity contribution in [3.8, 4) is 0 Å². The van der Waals surface area contributed by atoms with E-state index in [9.17, 15) is 4.79 Å². The lowest BCUT2D eigenvalue weighted by Crippen LogP contribution is -2.43. The number of carbonyl (C=O) groups excluding carboxylic acids is 1. The van der Waals surface area contributed by atoms with E-state index in [-0.39, 0.29) is 5.92 Å². The van der Waals surface area contributed by atoms with Crippen molar-refractivity contribution in [3.63, 3.8) is 0 Å². The van der Waals surface area contributed by atoms with Crippen molar-refractivity contribution in [2.24, 2.45) is 5.73 Å². The molecule has 0 spiro atoms. The summed E-state index contributed by atoms with van der Waals surface area (Å²) in [5, 5.41) is 0. The second-order valence-corrected chi connectivity index (χ2v) is 6.07. The first kappa shape index (κ1) is 13.7. The van der Waals surface area contributed by atoms with Crippen molar-refractivity contribution in [2.45, 2.75) is 44.1 Å². The highest BCUT2D eigenvalue weighted by atomic mass is 16.1. The number of nitrogens with zero attached hydrogens (tertiary/aromatic N) is 2. The molecule has 0 radical (unpaired) electrons. The third-order valence-electron chi connectivity index (χ3n) is 4.60. The minimum absolute atomic E-state index is 0.00977. The molecule has 4 heteroatoms. The Morgan fingerprint density at radius 2 is 2.15 bits per heavy atom. The molecule has 0 amide bonds. The zero-order chi connectivity index (χ0) is 13.9. The van der Waals surface area contributed by atoms with Crippen molar-refractivity contribution >= 4 is 5.78 Å². The van der Waals surface area contributed by atoms with Crippen LogP contribution in [0.15, 0.2) is 18.3 Å². The molecular formula is C16H23N3O. The Morgan fingerprint density at radius 1 is 1.35 bits per heavy atom. The van der Waals surface area contributed by atoms with Crippen molar-refractivity contribution in [1.82, 2.24) is 9.88 Å². The number of aromatic nitrogens is 1. The summed E-state index contributed by atoms with van der Waals surface area (Å²) in [4.78, 5) is 19.3. The van der Waals surface area contributed by atoms with E-state index in [1.807, 2.05) is 12.3 Å². The van der Waals surface area contributed by atoms with Gasteiger partial charge in [0.05, 0.1) is 18.2 Å². The molecule has 20 heavy (non-hydrogen) atoms. The fraction of sp³-hybridized carbons (Fsp3) is 0.625. The number of ketones is 1. The average molecular weight is 273 g/mol. The van der Waals surface area contributed by atoms with Crippen LogP contribution in [0.5, 0.6) is 0 Å². The number of aryl methyl sites for hydroxylation is 1. The van der Waals surface area contributed by atoms with Crippen LogP contribution in [0.2, 0.25) is 0 Å². The zero-order valence-corrected chi connectivity index (χ0v) is 11.9. The van der Waals surface area contributed by atoms with Crippen LogP contribution < -0.4 is 5.73 Å². The minimum atomic E-state index is 0.00977. The van der Waals surface area contributed by atoms with Gasteiger partial charge in [-0.25, -0.2) is 0 Å². The van der Waals surface area contributed by atoms with Gasteiger partial charge >= 0.3 is 0 Å². The van der Waals surface area contributed by atoms with E-state index in [1.54, 1.807) is 0 Å². The van der Waals surface area contributed by atoms with Crippen LogP contribution in [0, 0.1) is 0 Å². The first-order valence-electron chi connectivity index (χ1n) is 7.68. The summed E-state index contributed by atoms with van der Waals surface area (Å²) in [6.07, 6.45) is 6.94. The number of fused-ring (bicyclic) bond motifs is 1. The van der Waals surface area contributed by atoms with Crippen LogP contribution in [-0.4, -0.2) is 41.3 Å². The van der Waals surface area contributed by atoms with E-state index in [4.69, 9.17) is 5.73 Å². The van der Waals surface area contributed by atoms with E-state index in [2.05, 4.69) is 16.0 Å². The molecule has 0 saturated carbocycles. The van der Waals surface area contributed by atoms with Crippen LogP contribution in [0.1, 0.15) is 42.9 Å². The summed E-state index contributed by atoms with van der Waals surface area (Å²) < 4.78 is 0. The fourth-order valence-corrected chi connectivity index (χ4v) is 3.36. The molecule has 0 aromatic carbocycles. The van der Waals surface area contributed by atoms with E-state index in [0.717, 1.165) is 50.9 Å². The smallest absolute Gasteiger partial charge is 0.155 e. The number of piperidine rings is 1. The van der Waals surface area contributed by atoms with Gasteiger partial charge in [0.2, 0.25) is 0 Å². The Bertz CT molecular complexity index is 480. The van der Waals surface area contributed by atoms with Gasteiger partial charge in [-0.15, -0.1) is 0 Å². The average Bonchev–Trinajstić information content (AvgIpc) is 2.49. The monoisotopic (exact) mass is 273 g/mol. The molecule has 4 nitrogen and oxygen atoms in total. The summed E-state index contributed by atoms with van der Waals surface area (Å²) in [6, 6.07) is 4.40. The van der Waals surface area contributed by atoms with Gasteiger partial charge in [0, 0.05) is 25.3 Å². The second kappa shape index (κ2) is 6.02. The Morgan fingerprint density at radius 3 is 2.95 bits per heavy atom. The largest absolute Gasteiger partial charge is 0.328 e. The maximum absolute atomic E-state index is 12.6. The van der Waals surface area contributed by atoms with Crippen molar-refractivity contribution in [3.05, 3.63) is 29.6 Å². The molecule has 0 bridgehead atoms. The molecule has 1 fully saturated rings. The molecular weight excluding hydrogens is 250 g/mol. The highest BCUT2D eigenvalue weighted by Crippen LogP contribution is 2.30. The molecule has 1 saturated heterocycles. The minimum Gasteiger partial charge on any atom is -0.328 e. The SMILES string of the molecule is NC1CCN(CC(=O)C2CCCc3cccnc32)CC1. The molecule has 108 valence electrons. The van der Waals surface area contributed by atoms with Gasteiger partial charge in [0.15, 0.2) is 5.78 Å². The van der Waals surface area contributed by atoms with Gasteiger partial charge in [-0.3, -0.25) is 14.7 Å². The lowest BCUT2D eigenvalue weighted by atomic mass is 9.83. The van der Waals surface area contributed by atoms with Crippen molar-refractivity contribution in [1.29, 1.82) is 0 Å². The van der Waals surface area contributed by atoms with Crippen molar-refractivity contribution in [2.75, 3.05) is 19.6 Å². The van der Waals surface area contributed by atoms with Crippen LogP contribution in [-0.2, 0) is 11.2 Å². The van der Waals surface area contributed by atoms with Gasteiger partial charge in [-0.2, -0.15) is 0 Å². The number of Topliss-reactive ketones (excluding diaryl/α,β-unsaturated/α-hetero) is 1. The van der Waals surface area contributed by atoms with E-state index >= 15 is 0 Å². The molecule has 1 aromatic heterocycles. The number of carbonyl (C=O) groups is 1. The first-order valence-corrected chi connectivity index (χ1v) is 7.68. The fourth-order valence-electron chi connectivity index (χ4n) is 3.36.